The molecule has 0 fully saturated rings. The number of nitrogens with zero attached hydrogens (tertiary/aromatic N) is 2. The Kier molecular flexibility index (Phi) is 5.19. The summed E-state index contributed by atoms with van der Waals surface area (Å²) >= 11 is 0. The van der Waals surface area contributed by atoms with Gasteiger partial charge in [-0.15, -0.1) is 0 Å². The third kappa shape index (κ3) is 3.19. The minimum Gasteiger partial charge on any atom is -0.494 e. The zero-order valence-electron chi connectivity index (χ0n) is 18.3. The van der Waals surface area contributed by atoms with Gasteiger partial charge in [0, 0.05) is 10.9 Å². The second-order valence-electron chi connectivity index (χ2n) is 7.96. The average Bonchev–Trinajstić information content (AvgIpc) is 3.12. The van der Waals surface area contributed by atoms with Crippen LogP contribution in [0.2, 0.25) is 0 Å². The molecular weight excluding hydrogens is 404 g/mol. The van der Waals surface area contributed by atoms with Crippen molar-refractivity contribution in [2.75, 3.05) is 0 Å². The van der Waals surface area contributed by atoms with Gasteiger partial charge in [-0.25, -0.2) is 0 Å². The zero-order valence-corrected chi connectivity index (χ0v) is 18.3. The number of ketones is 1. The lowest BCUT2D eigenvalue weighted by atomic mass is 9.98. The van der Waals surface area contributed by atoms with Crippen LogP contribution in [0.5, 0.6) is 5.88 Å². The van der Waals surface area contributed by atoms with E-state index in [9.17, 15) is 20.0 Å². The maximum absolute atomic E-state index is 13.6. The highest BCUT2D eigenvalue weighted by atomic mass is 16.3. The summed E-state index contributed by atoms with van der Waals surface area (Å²) in [7, 11) is 0. The van der Waals surface area contributed by atoms with Crippen LogP contribution in [0.1, 0.15) is 49.5 Å². The second-order valence-corrected chi connectivity index (χ2v) is 7.96. The monoisotopic (exact) mass is 426 g/mol. The lowest BCUT2D eigenvalue weighted by Crippen LogP contribution is -2.27. The first-order valence-corrected chi connectivity index (χ1v) is 10.2. The van der Waals surface area contributed by atoms with E-state index in [-0.39, 0.29) is 29.0 Å². The van der Waals surface area contributed by atoms with Gasteiger partial charge >= 0.3 is 0 Å². The van der Waals surface area contributed by atoms with E-state index in [1.807, 2.05) is 50.2 Å². The minimum atomic E-state index is -0.643. The molecule has 160 valence electrons. The van der Waals surface area contributed by atoms with Crippen molar-refractivity contribution >= 4 is 16.8 Å². The molecule has 6 heteroatoms. The molecule has 2 heterocycles. The molecule has 0 radical (unpaired) electrons. The van der Waals surface area contributed by atoms with Gasteiger partial charge in [-0.3, -0.25) is 14.2 Å². The van der Waals surface area contributed by atoms with Crippen LogP contribution in [-0.4, -0.2) is 15.5 Å². The van der Waals surface area contributed by atoms with Gasteiger partial charge in [-0.2, -0.15) is 5.26 Å². The van der Waals surface area contributed by atoms with E-state index in [1.54, 1.807) is 19.1 Å². The second kappa shape index (κ2) is 7.86. The van der Waals surface area contributed by atoms with Crippen LogP contribution in [0.15, 0.2) is 51.7 Å². The van der Waals surface area contributed by atoms with E-state index in [1.165, 1.54) is 6.92 Å². The lowest BCUT2D eigenvalue weighted by molar-refractivity contribution is 0.101. The van der Waals surface area contributed by atoms with Crippen LogP contribution >= 0.6 is 0 Å². The predicted molar refractivity (Wildman–Crippen MR) is 121 cm³/mol. The van der Waals surface area contributed by atoms with Gasteiger partial charge in [0.1, 0.15) is 17.2 Å². The molecule has 1 N–H and O–H groups in total. The maximum atomic E-state index is 13.6. The summed E-state index contributed by atoms with van der Waals surface area (Å²) in [6.45, 7) is 7.19. The number of fused-ring (bicyclic) bond motifs is 1. The maximum Gasteiger partial charge on any atom is 0.271 e. The van der Waals surface area contributed by atoms with Crippen molar-refractivity contribution in [2.45, 2.75) is 34.2 Å². The molecule has 0 aliphatic heterocycles. The van der Waals surface area contributed by atoms with Crippen LogP contribution < -0.4 is 5.56 Å². The van der Waals surface area contributed by atoms with Crippen molar-refractivity contribution < 1.29 is 14.3 Å². The molecule has 6 nitrogen and oxygen atoms in total. The number of aromatic nitrogens is 1. The Morgan fingerprint density at radius 1 is 1.03 bits per heavy atom. The van der Waals surface area contributed by atoms with Gasteiger partial charge < -0.3 is 9.52 Å². The molecule has 32 heavy (non-hydrogen) atoms. The summed E-state index contributed by atoms with van der Waals surface area (Å²) in [5.74, 6) is -0.960. The predicted octanol–water partition coefficient (Wildman–Crippen LogP) is 4.68. The van der Waals surface area contributed by atoms with Gasteiger partial charge in [0.05, 0.1) is 12.1 Å². The molecule has 0 saturated heterocycles. The molecule has 0 amide bonds. The molecule has 0 aliphatic rings. The molecule has 0 bridgehead atoms. The first-order valence-electron chi connectivity index (χ1n) is 10.2. The number of carbonyl (C=O) groups is 1. The van der Waals surface area contributed by atoms with Gasteiger partial charge in [-0.05, 0) is 49.9 Å². The normalized spacial score (nSPS) is 11.0. The van der Waals surface area contributed by atoms with Crippen LogP contribution in [0.25, 0.3) is 11.0 Å². The summed E-state index contributed by atoms with van der Waals surface area (Å²) in [5, 5.41) is 21.4. The van der Waals surface area contributed by atoms with Crippen LogP contribution in [0.3, 0.4) is 0 Å². The molecule has 2 aromatic carbocycles. The number of hydrogen-bond donors (Lipinski definition) is 1. The molecule has 4 rings (SSSR count). The number of aryl methyl sites for hydroxylation is 3. The van der Waals surface area contributed by atoms with Crippen molar-refractivity contribution in [2.24, 2.45) is 0 Å². The summed E-state index contributed by atoms with van der Waals surface area (Å²) in [6.07, 6.45) is 0. The van der Waals surface area contributed by atoms with Crippen molar-refractivity contribution in [1.82, 2.24) is 4.57 Å². The van der Waals surface area contributed by atoms with E-state index in [0.29, 0.717) is 11.1 Å². The molecule has 0 unspecified atom stereocenters. The van der Waals surface area contributed by atoms with Crippen molar-refractivity contribution in [3.8, 4) is 11.9 Å². The van der Waals surface area contributed by atoms with Crippen LogP contribution in [-0.2, 0) is 6.54 Å². The van der Waals surface area contributed by atoms with Gasteiger partial charge in [0.15, 0.2) is 5.76 Å². The Bertz CT molecular complexity index is 1490. The van der Waals surface area contributed by atoms with E-state index in [2.05, 4.69) is 0 Å². The van der Waals surface area contributed by atoms with Gasteiger partial charge in [-0.1, -0.05) is 42.5 Å². The molecule has 0 spiro atoms. The standard InChI is InChI=1S/C26H22N2O4/c1-14-10-11-19-17(4)24(32-23(19)15(14)2)22(29)21-16(3)20(12-27)25(30)28(26(21)31)13-18-8-6-5-7-9-18/h5-11,31H,13H2,1-4H3. The van der Waals surface area contributed by atoms with Gasteiger partial charge in [0.25, 0.3) is 5.56 Å². The highest BCUT2D eigenvalue weighted by molar-refractivity contribution is 6.13. The lowest BCUT2D eigenvalue weighted by Gasteiger charge is -2.15. The number of carbonyl (C=O) groups excluding carboxylic acids is 1. The third-order valence-corrected chi connectivity index (χ3v) is 6.04. The van der Waals surface area contributed by atoms with Gasteiger partial charge in [0.2, 0.25) is 11.7 Å². The molecular formula is C26H22N2O4. The van der Waals surface area contributed by atoms with E-state index in [4.69, 9.17) is 4.42 Å². The first-order chi connectivity index (χ1) is 15.3. The number of hydrogen-bond acceptors (Lipinski definition) is 5. The number of benzene rings is 2. The summed E-state index contributed by atoms with van der Waals surface area (Å²) in [5.41, 5.74) is 3.18. The van der Waals surface area contributed by atoms with Crippen molar-refractivity contribution in [3.05, 3.63) is 97.5 Å². The number of rotatable bonds is 4. The zero-order chi connectivity index (χ0) is 23.2. The number of aromatic hydroxyl groups is 1. The number of nitriles is 1. The van der Waals surface area contributed by atoms with Crippen molar-refractivity contribution in [3.63, 3.8) is 0 Å². The summed E-state index contributed by atoms with van der Waals surface area (Å²) < 4.78 is 7.02. The molecule has 0 atom stereocenters. The van der Waals surface area contributed by atoms with E-state index in [0.717, 1.165) is 26.6 Å². The highest BCUT2D eigenvalue weighted by Crippen LogP contribution is 2.33. The summed E-state index contributed by atoms with van der Waals surface area (Å²) in [6, 6.07) is 14.8. The van der Waals surface area contributed by atoms with E-state index < -0.39 is 17.2 Å². The number of furan rings is 1. The molecule has 0 saturated carbocycles. The Balaban J connectivity index is 1.95. The largest absolute Gasteiger partial charge is 0.494 e. The van der Waals surface area contributed by atoms with E-state index >= 15 is 0 Å². The fourth-order valence-corrected chi connectivity index (χ4v) is 3.98. The Morgan fingerprint density at radius 2 is 1.72 bits per heavy atom. The van der Waals surface area contributed by atoms with Crippen LogP contribution in [0.4, 0.5) is 0 Å². The number of pyridine rings is 1. The Labute approximate surface area is 185 Å². The first kappa shape index (κ1) is 21.1. The SMILES string of the molecule is Cc1ccc2c(C)c(C(=O)c3c(C)c(C#N)c(=O)n(Cc4ccccc4)c3O)oc2c1C. The Hall–Kier alpha value is -4.11. The third-order valence-electron chi connectivity index (χ3n) is 6.04. The highest BCUT2D eigenvalue weighted by Gasteiger charge is 2.29. The minimum absolute atomic E-state index is 0.0260. The fraction of sp³-hybridized carbons (Fsp3) is 0.192. The smallest absolute Gasteiger partial charge is 0.271 e. The van der Waals surface area contributed by atoms with Crippen LogP contribution in [0, 0.1) is 39.0 Å². The van der Waals surface area contributed by atoms with Crippen molar-refractivity contribution in [1.29, 1.82) is 5.26 Å². The topological polar surface area (TPSA) is 96.2 Å². The quantitative estimate of drug-likeness (QED) is 0.478. The summed E-state index contributed by atoms with van der Waals surface area (Å²) in [4.78, 5) is 26.5. The molecule has 2 aromatic heterocycles. The molecule has 0 aliphatic carbocycles. The average molecular weight is 426 g/mol. The molecule has 4 aromatic rings. The fourth-order valence-electron chi connectivity index (χ4n) is 3.98. The Morgan fingerprint density at radius 3 is 2.38 bits per heavy atom.